The van der Waals surface area contributed by atoms with Crippen LogP contribution >= 0.6 is 0 Å². The minimum absolute atomic E-state index is 0.135. The number of imidazole rings is 1. The van der Waals surface area contributed by atoms with Crippen LogP contribution in [0.3, 0.4) is 0 Å². The summed E-state index contributed by atoms with van der Waals surface area (Å²) < 4.78 is 19.5. The summed E-state index contributed by atoms with van der Waals surface area (Å²) in [7, 11) is 0. The average molecular weight is 350 g/mol. The smallest absolute Gasteiger partial charge is 0.409 e. The van der Waals surface area contributed by atoms with Crippen LogP contribution in [-0.4, -0.2) is 64.1 Å². The number of aromatic amines is 1. The third-order valence-corrected chi connectivity index (χ3v) is 4.19. The fraction of sp³-hybridized carbons (Fsp3) is 0.438. The summed E-state index contributed by atoms with van der Waals surface area (Å²) in [6.07, 6.45) is -0.385. The average Bonchev–Trinajstić information content (AvgIpc) is 2.90. The Morgan fingerprint density at radius 1 is 1.20 bits per heavy atom. The van der Waals surface area contributed by atoms with Gasteiger partial charge in [-0.2, -0.15) is 0 Å². The SMILES string of the molecule is CCOC(=O)N1CCN(C(=O)Cn2c(=O)[nH]c3cc(F)ccc32)CC1. The van der Waals surface area contributed by atoms with Crippen LogP contribution in [0.5, 0.6) is 0 Å². The Morgan fingerprint density at radius 3 is 2.56 bits per heavy atom. The van der Waals surface area contributed by atoms with Crippen molar-refractivity contribution < 1.29 is 18.7 Å². The highest BCUT2D eigenvalue weighted by atomic mass is 19.1. The number of piperazine rings is 1. The van der Waals surface area contributed by atoms with Crippen molar-refractivity contribution in [1.82, 2.24) is 19.4 Å². The van der Waals surface area contributed by atoms with Crippen LogP contribution in [0.15, 0.2) is 23.0 Å². The van der Waals surface area contributed by atoms with E-state index >= 15 is 0 Å². The number of halogens is 1. The molecule has 1 aromatic heterocycles. The maximum Gasteiger partial charge on any atom is 0.409 e. The molecule has 1 fully saturated rings. The molecule has 134 valence electrons. The number of nitrogens with zero attached hydrogens (tertiary/aromatic N) is 3. The molecular formula is C16H19FN4O4. The highest BCUT2D eigenvalue weighted by molar-refractivity contribution is 5.81. The number of H-pyrrole nitrogens is 1. The van der Waals surface area contributed by atoms with Crippen LogP contribution in [-0.2, 0) is 16.1 Å². The Balaban J connectivity index is 1.67. The Morgan fingerprint density at radius 2 is 1.88 bits per heavy atom. The second-order valence-electron chi connectivity index (χ2n) is 5.74. The molecule has 0 radical (unpaired) electrons. The van der Waals surface area contributed by atoms with Gasteiger partial charge in [0.05, 0.1) is 17.6 Å². The molecule has 2 heterocycles. The largest absolute Gasteiger partial charge is 0.450 e. The van der Waals surface area contributed by atoms with E-state index in [1.54, 1.807) is 16.7 Å². The van der Waals surface area contributed by atoms with Crippen LogP contribution in [0.25, 0.3) is 11.0 Å². The van der Waals surface area contributed by atoms with Crippen LogP contribution in [0.1, 0.15) is 6.92 Å². The van der Waals surface area contributed by atoms with E-state index in [9.17, 15) is 18.8 Å². The maximum absolute atomic E-state index is 13.2. The van der Waals surface area contributed by atoms with Crippen molar-refractivity contribution in [1.29, 1.82) is 0 Å². The van der Waals surface area contributed by atoms with Crippen LogP contribution in [0, 0.1) is 5.82 Å². The lowest BCUT2D eigenvalue weighted by atomic mass is 10.3. The van der Waals surface area contributed by atoms with E-state index in [4.69, 9.17) is 4.74 Å². The van der Waals surface area contributed by atoms with Gasteiger partial charge in [0.15, 0.2) is 0 Å². The second kappa shape index (κ2) is 6.96. The van der Waals surface area contributed by atoms with Crippen molar-refractivity contribution in [2.45, 2.75) is 13.5 Å². The van der Waals surface area contributed by atoms with Crippen molar-refractivity contribution in [3.8, 4) is 0 Å². The molecule has 1 saturated heterocycles. The molecule has 2 amide bonds. The molecule has 0 aliphatic carbocycles. The number of aromatic nitrogens is 2. The first-order valence-electron chi connectivity index (χ1n) is 8.07. The standard InChI is InChI=1S/C16H19FN4O4/c1-2-25-16(24)20-7-5-19(6-8-20)14(22)10-21-13-4-3-11(17)9-12(13)18-15(21)23/h3-4,9H,2,5-8,10H2,1H3,(H,18,23). The molecule has 0 spiro atoms. The van der Waals surface area contributed by atoms with E-state index in [1.165, 1.54) is 22.8 Å². The predicted octanol–water partition coefficient (Wildman–Crippen LogP) is 0.769. The lowest BCUT2D eigenvalue weighted by Gasteiger charge is -2.34. The minimum atomic E-state index is -0.459. The van der Waals surface area contributed by atoms with Gasteiger partial charge in [0.1, 0.15) is 12.4 Å². The summed E-state index contributed by atoms with van der Waals surface area (Å²) >= 11 is 0. The zero-order valence-corrected chi connectivity index (χ0v) is 13.8. The molecule has 0 unspecified atom stereocenters. The van der Waals surface area contributed by atoms with Crippen molar-refractivity contribution in [2.24, 2.45) is 0 Å². The van der Waals surface area contributed by atoms with Gasteiger partial charge in [-0.25, -0.2) is 14.0 Å². The molecule has 25 heavy (non-hydrogen) atoms. The third-order valence-electron chi connectivity index (χ3n) is 4.19. The number of carbonyl (C=O) groups is 2. The van der Waals surface area contributed by atoms with Crippen molar-refractivity contribution in [2.75, 3.05) is 32.8 Å². The first-order valence-corrected chi connectivity index (χ1v) is 8.07. The molecule has 0 atom stereocenters. The summed E-state index contributed by atoms with van der Waals surface area (Å²) in [6, 6.07) is 3.93. The predicted molar refractivity (Wildman–Crippen MR) is 87.7 cm³/mol. The normalized spacial score (nSPS) is 14.8. The number of ether oxygens (including phenoxy) is 1. The van der Waals surface area contributed by atoms with Crippen LogP contribution < -0.4 is 5.69 Å². The van der Waals surface area contributed by atoms with Gasteiger partial charge >= 0.3 is 11.8 Å². The number of rotatable bonds is 3. The Kier molecular flexibility index (Phi) is 4.73. The highest BCUT2D eigenvalue weighted by Gasteiger charge is 2.25. The summed E-state index contributed by atoms with van der Waals surface area (Å²) in [6.45, 7) is 3.44. The molecule has 9 heteroatoms. The summed E-state index contributed by atoms with van der Waals surface area (Å²) in [5, 5.41) is 0. The maximum atomic E-state index is 13.2. The Hall–Kier alpha value is -2.84. The molecule has 0 saturated carbocycles. The van der Waals surface area contributed by atoms with Gasteiger partial charge in [0.2, 0.25) is 5.91 Å². The molecule has 3 rings (SSSR count). The number of hydrogen-bond donors (Lipinski definition) is 1. The monoisotopic (exact) mass is 350 g/mol. The van der Waals surface area contributed by atoms with E-state index in [1.807, 2.05) is 0 Å². The number of benzene rings is 1. The molecule has 1 aromatic carbocycles. The van der Waals surface area contributed by atoms with Gasteiger partial charge in [0.25, 0.3) is 0 Å². The van der Waals surface area contributed by atoms with Crippen LogP contribution in [0.4, 0.5) is 9.18 Å². The van der Waals surface area contributed by atoms with E-state index in [-0.39, 0.29) is 18.5 Å². The van der Waals surface area contributed by atoms with E-state index < -0.39 is 11.5 Å². The molecule has 2 aromatic rings. The van der Waals surface area contributed by atoms with Crippen molar-refractivity contribution >= 4 is 23.0 Å². The number of fused-ring (bicyclic) bond motifs is 1. The van der Waals surface area contributed by atoms with Crippen LogP contribution in [0.2, 0.25) is 0 Å². The lowest BCUT2D eigenvalue weighted by molar-refractivity contribution is -0.133. The summed E-state index contributed by atoms with van der Waals surface area (Å²) in [5.74, 6) is -0.682. The van der Waals surface area contributed by atoms with Gasteiger partial charge in [-0.1, -0.05) is 0 Å². The van der Waals surface area contributed by atoms with Crippen molar-refractivity contribution in [3.05, 3.63) is 34.5 Å². The molecule has 0 bridgehead atoms. The fourth-order valence-electron chi connectivity index (χ4n) is 2.88. The summed E-state index contributed by atoms with van der Waals surface area (Å²) in [4.78, 5) is 41.9. The zero-order chi connectivity index (χ0) is 18.0. The van der Waals surface area contributed by atoms with E-state index in [2.05, 4.69) is 4.98 Å². The Bertz CT molecular complexity index is 851. The van der Waals surface area contributed by atoms with Gasteiger partial charge in [-0.05, 0) is 25.1 Å². The molecule has 1 aliphatic heterocycles. The summed E-state index contributed by atoms with van der Waals surface area (Å²) in [5.41, 5.74) is 0.369. The fourth-order valence-corrected chi connectivity index (χ4v) is 2.88. The zero-order valence-electron chi connectivity index (χ0n) is 13.8. The number of nitrogens with one attached hydrogen (secondary N) is 1. The van der Waals surface area contributed by atoms with Gasteiger partial charge < -0.3 is 19.5 Å². The first-order chi connectivity index (χ1) is 12.0. The highest BCUT2D eigenvalue weighted by Crippen LogP contribution is 2.12. The number of carbonyl (C=O) groups excluding carboxylic acids is 2. The number of amides is 2. The van der Waals surface area contributed by atoms with E-state index in [0.29, 0.717) is 43.8 Å². The molecule has 1 aliphatic rings. The Labute approximate surface area is 142 Å². The minimum Gasteiger partial charge on any atom is -0.450 e. The van der Waals surface area contributed by atoms with Gasteiger partial charge in [-0.15, -0.1) is 0 Å². The third kappa shape index (κ3) is 3.49. The first kappa shape index (κ1) is 17.0. The quantitative estimate of drug-likeness (QED) is 0.886. The number of hydrogen-bond acceptors (Lipinski definition) is 4. The molecule has 1 N–H and O–H groups in total. The van der Waals surface area contributed by atoms with Gasteiger partial charge in [-0.3, -0.25) is 9.36 Å². The van der Waals surface area contributed by atoms with Gasteiger partial charge in [0, 0.05) is 26.2 Å². The van der Waals surface area contributed by atoms with E-state index in [0.717, 1.165) is 0 Å². The molecular weight excluding hydrogens is 331 g/mol. The molecule has 8 nitrogen and oxygen atoms in total. The van der Waals surface area contributed by atoms with Crippen molar-refractivity contribution in [3.63, 3.8) is 0 Å². The topological polar surface area (TPSA) is 87.6 Å². The second-order valence-corrected chi connectivity index (χ2v) is 5.74. The lowest BCUT2D eigenvalue weighted by Crippen LogP contribution is -2.51.